The zero-order valence-electron chi connectivity index (χ0n) is 44.7. The van der Waals surface area contributed by atoms with E-state index in [1.54, 1.807) is 6.08 Å². The van der Waals surface area contributed by atoms with Crippen molar-refractivity contribution in [1.82, 2.24) is 0 Å². The number of hydrogen-bond acceptors (Lipinski definition) is 10. The largest absolute Gasteiger partial charge is 0.472 e. The maximum Gasteiger partial charge on any atom is 0.472 e. The molecule has 0 aliphatic heterocycles. The van der Waals surface area contributed by atoms with Crippen LogP contribution in [0.4, 0.5) is 0 Å². The molecule has 0 heterocycles. The lowest BCUT2D eigenvalue weighted by molar-refractivity contribution is -0.161. The lowest BCUT2D eigenvalue weighted by atomic mass is 10.0. The number of phosphoric acid groups is 1. The normalized spacial score (nSPS) is 13.8. The first kappa shape index (κ1) is 67.2. The highest BCUT2D eigenvalue weighted by Crippen LogP contribution is 2.43. The third kappa shape index (κ3) is 50.1. The van der Waals surface area contributed by atoms with Gasteiger partial charge >= 0.3 is 25.7 Å². The van der Waals surface area contributed by atoms with Gasteiger partial charge in [0.25, 0.3) is 0 Å². The van der Waals surface area contributed by atoms with Crippen LogP contribution in [0.1, 0.15) is 252 Å². The summed E-state index contributed by atoms with van der Waals surface area (Å²) in [5.74, 6) is -1.60. The Balaban J connectivity index is 4.81. The molecule has 0 aliphatic carbocycles. The first-order valence-corrected chi connectivity index (χ1v) is 29.7. The summed E-state index contributed by atoms with van der Waals surface area (Å²) in [4.78, 5) is 48.4. The van der Waals surface area contributed by atoms with Gasteiger partial charge in [-0.25, -0.2) is 4.57 Å². The van der Waals surface area contributed by atoms with Gasteiger partial charge in [0.05, 0.1) is 26.2 Å². The van der Waals surface area contributed by atoms with Crippen LogP contribution in [0.25, 0.3) is 0 Å². The molecular weight excluding hydrogens is 904 g/mol. The number of phosphoric ester groups is 1. The average Bonchev–Trinajstić information content (AvgIpc) is 3.35. The van der Waals surface area contributed by atoms with Gasteiger partial charge in [-0.15, -0.1) is 0 Å². The van der Waals surface area contributed by atoms with Crippen LogP contribution in [0.5, 0.6) is 0 Å². The second-order valence-corrected chi connectivity index (χ2v) is 20.2. The van der Waals surface area contributed by atoms with Crippen LogP contribution < -0.4 is 0 Å². The number of hydrogen-bond donors (Lipinski definition) is 2. The molecule has 0 aliphatic rings. The molecule has 3 unspecified atom stereocenters. The SMILES string of the molecule is CC/C=C\C/C=C\C/C=C\C/C=C\C/C=C\CC(=O)OCC(COP(=O)(O)OCC(CO)OC(=O)CCCCCCCCCCCCCCC)OC(=O)CCCCCCCCCCCCCCCCC. The summed E-state index contributed by atoms with van der Waals surface area (Å²) in [5, 5.41) is 9.79. The first-order valence-electron chi connectivity index (χ1n) is 28.2. The highest BCUT2D eigenvalue weighted by atomic mass is 31.2. The molecule has 0 amide bonds. The third-order valence-corrected chi connectivity index (χ3v) is 12.9. The predicted molar refractivity (Wildman–Crippen MR) is 288 cm³/mol. The van der Waals surface area contributed by atoms with E-state index in [-0.39, 0.29) is 25.9 Å². The van der Waals surface area contributed by atoms with Crippen LogP contribution in [0, 0.1) is 0 Å². The van der Waals surface area contributed by atoms with Crippen molar-refractivity contribution in [3.8, 4) is 0 Å². The molecule has 0 saturated heterocycles. The number of carbonyl (C=O) groups excluding carboxylic acids is 3. The Labute approximate surface area is 427 Å². The number of carbonyl (C=O) groups is 3. The quantitative estimate of drug-likeness (QED) is 0.0197. The molecular formula is C58H103O11P. The van der Waals surface area contributed by atoms with E-state index < -0.39 is 57.8 Å². The van der Waals surface area contributed by atoms with Crippen LogP contribution in [0.2, 0.25) is 0 Å². The Morgan fingerprint density at radius 2 is 0.729 bits per heavy atom. The molecule has 3 atom stereocenters. The lowest BCUT2D eigenvalue weighted by Gasteiger charge is -2.21. The highest BCUT2D eigenvalue weighted by molar-refractivity contribution is 7.47. The summed E-state index contributed by atoms with van der Waals surface area (Å²) < 4.78 is 39.3. The third-order valence-electron chi connectivity index (χ3n) is 12.0. The summed E-state index contributed by atoms with van der Waals surface area (Å²) >= 11 is 0. The van der Waals surface area contributed by atoms with Gasteiger partial charge in [-0.05, 0) is 44.9 Å². The number of unbranched alkanes of at least 4 members (excludes halogenated alkanes) is 26. The lowest BCUT2D eigenvalue weighted by Crippen LogP contribution is -2.30. The predicted octanol–water partition coefficient (Wildman–Crippen LogP) is 16.4. The maximum absolute atomic E-state index is 12.9. The summed E-state index contributed by atoms with van der Waals surface area (Å²) in [6.07, 6.45) is 56.4. The molecule has 11 nitrogen and oxygen atoms in total. The smallest absolute Gasteiger partial charge is 0.461 e. The minimum absolute atomic E-state index is 0.00357. The second kappa shape index (κ2) is 52.5. The molecule has 2 N–H and O–H groups in total. The molecule has 0 rings (SSSR count). The second-order valence-electron chi connectivity index (χ2n) is 18.8. The number of esters is 3. The maximum atomic E-state index is 12.9. The van der Waals surface area contributed by atoms with E-state index in [1.807, 2.05) is 12.2 Å². The van der Waals surface area contributed by atoms with Crippen molar-refractivity contribution in [3.05, 3.63) is 60.8 Å². The number of ether oxygens (including phenoxy) is 3. The van der Waals surface area contributed by atoms with Crippen molar-refractivity contribution in [2.45, 2.75) is 264 Å². The van der Waals surface area contributed by atoms with Crippen molar-refractivity contribution < 1.29 is 52.2 Å². The Morgan fingerprint density at radius 3 is 1.09 bits per heavy atom. The highest BCUT2D eigenvalue weighted by Gasteiger charge is 2.28. The van der Waals surface area contributed by atoms with Crippen LogP contribution in [0.3, 0.4) is 0 Å². The van der Waals surface area contributed by atoms with Crippen LogP contribution >= 0.6 is 7.82 Å². The van der Waals surface area contributed by atoms with Crippen molar-refractivity contribution in [1.29, 1.82) is 0 Å². The van der Waals surface area contributed by atoms with Gasteiger partial charge in [0.2, 0.25) is 0 Å². The number of allylic oxidation sites excluding steroid dienone is 9. The molecule has 0 spiro atoms. The van der Waals surface area contributed by atoms with E-state index in [2.05, 4.69) is 63.3 Å². The zero-order chi connectivity index (χ0) is 51.3. The van der Waals surface area contributed by atoms with Gasteiger partial charge in [0.1, 0.15) is 12.7 Å². The van der Waals surface area contributed by atoms with E-state index in [4.69, 9.17) is 23.3 Å². The molecule has 0 aromatic rings. The molecule has 0 aromatic carbocycles. The van der Waals surface area contributed by atoms with E-state index in [1.165, 1.54) is 128 Å². The minimum atomic E-state index is -4.76. The summed E-state index contributed by atoms with van der Waals surface area (Å²) in [5.41, 5.74) is 0. The van der Waals surface area contributed by atoms with Crippen molar-refractivity contribution in [2.24, 2.45) is 0 Å². The van der Waals surface area contributed by atoms with Crippen LogP contribution in [-0.4, -0.2) is 66.5 Å². The first-order chi connectivity index (χ1) is 34.2. The average molecular weight is 1010 g/mol. The Kier molecular flexibility index (Phi) is 50.4. The fourth-order valence-corrected chi connectivity index (χ4v) is 8.51. The Morgan fingerprint density at radius 1 is 0.414 bits per heavy atom. The molecule has 0 radical (unpaired) electrons. The van der Waals surface area contributed by atoms with Crippen molar-refractivity contribution >= 4 is 25.7 Å². The molecule has 12 heteroatoms. The van der Waals surface area contributed by atoms with Crippen molar-refractivity contribution in [3.63, 3.8) is 0 Å². The van der Waals surface area contributed by atoms with Crippen LogP contribution in [-0.2, 0) is 42.2 Å². The summed E-state index contributed by atoms with van der Waals surface area (Å²) in [6, 6.07) is 0. The summed E-state index contributed by atoms with van der Waals surface area (Å²) in [6.45, 7) is 4.44. The molecule has 70 heavy (non-hydrogen) atoms. The van der Waals surface area contributed by atoms with E-state index >= 15 is 0 Å². The van der Waals surface area contributed by atoms with Crippen LogP contribution in [0.15, 0.2) is 60.8 Å². The summed E-state index contributed by atoms with van der Waals surface area (Å²) in [7, 11) is -4.76. The Bertz CT molecular complexity index is 1410. The molecule has 0 bridgehead atoms. The molecule has 0 aromatic heterocycles. The van der Waals surface area contributed by atoms with E-state index in [9.17, 15) is 28.9 Å². The van der Waals surface area contributed by atoms with Gasteiger partial charge in [-0.3, -0.25) is 23.4 Å². The Hall–Kier alpha value is -2.82. The topological polar surface area (TPSA) is 155 Å². The number of aliphatic hydroxyl groups is 1. The molecule has 0 saturated carbocycles. The van der Waals surface area contributed by atoms with Gasteiger partial charge in [-0.2, -0.15) is 0 Å². The molecule has 406 valence electrons. The van der Waals surface area contributed by atoms with Gasteiger partial charge in [0.15, 0.2) is 6.10 Å². The standard InChI is InChI=1S/C58H103O11P/c1-4-7-10-13-16-19-22-25-27-30-32-35-38-41-44-47-56(60)65-51-55(69-58(62)49-46-43-40-37-34-31-28-26-23-20-17-14-11-8-5-2)53-67-70(63,64)66-52-54(50-59)68-57(61)48-45-42-39-36-33-29-24-21-18-15-12-9-6-3/h7,10,16,19,25,27,32,35,41,44,54-55,59H,4-6,8-9,11-15,17-18,20-24,26,28-31,33-34,36-40,42-43,45-53H2,1-3H3,(H,63,64)/b10-7-,19-16-,27-25-,35-32-,44-41-. The van der Waals surface area contributed by atoms with E-state index in [0.717, 1.165) is 64.2 Å². The zero-order valence-corrected chi connectivity index (χ0v) is 45.6. The van der Waals surface area contributed by atoms with Gasteiger partial charge in [-0.1, -0.05) is 248 Å². The van der Waals surface area contributed by atoms with Gasteiger partial charge in [0, 0.05) is 12.8 Å². The minimum Gasteiger partial charge on any atom is -0.461 e. The van der Waals surface area contributed by atoms with Crippen molar-refractivity contribution in [2.75, 3.05) is 26.4 Å². The van der Waals surface area contributed by atoms with E-state index in [0.29, 0.717) is 19.3 Å². The fraction of sp³-hybridized carbons (Fsp3) is 0.776. The fourth-order valence-electron chi connectivity index (χ4n) is 7.72. The number of aliphatic hydroxyl groups excluding tert-OH is 1. The molecule has 0 fully saturated rings. The number of rotatable bonds is 52. The monoisotopic (exact) mass is 1010 g/mol. The van der Waals surface area contributed by atoms with Gasteiger partial charge < -0.3 is 24.2 Å².